The van der Waals surface area contributed by atoms with Crippen molar-refractivity contribution in [1.82, 2.24) is 0 Å². The Labute approximate surface area is 47.6 Å². The first-order valence-electron chi connectivity index (χ1n) is 1.02. The van der Waals surface area contributed by atoms with Crippen molar-refractivity contribution in [3.8, 4) is 0 Å². The molecule has 0 heterocycles. The minimum Gasteiger partial charge on any atom is -0.412 e. The third kappa shape index (κ3) is 71.8. The van der Waals surface area contributed by atoms with Crippen LogP contribution in [0, 0.1) is 0 Å². The van der Waals surface area contributed by atoms with Crippen LogP contribution in [0.1, 0.15) is 6.92 Å². The van der Waals surface area contributed by atoms with Crippen molar-refractivity contribution in [2.75, 3.05) is 6.61 Å². The number of rotatable bonds is 0. The van der Waals surface area contributed by atoms with Crippen molar-refractivity contribution in [3.05, 3.63) is 0 Å². The third-order valence-electron chi connectivity index (χ3n) is 0. The van der Waals surface area contributed by atoms with Gasteiger partial charge in [-0.05, 0) is 6.92 Å². The van der Waals surface area contributed by atoms with Crippen LogP contribution in [0.3, 0.4) is 0 Å². The van der Waals surface area contributed by atoms with Gasteiger partial charge in [0.25, 0.3) is 0 Å². The highest BCUT2D eigenvalue weighted by molar-refractivity contribution is 5.75. The fourth-order valence-electron chi connectivity index (χ4n) is 0. The van der Waals surface area contributed by atoms with Crippen LogP contribution in [0.25, 0.3) is 0 Å². The summed E-state index contributed by atoms with van der Waals surface area (Å²) in [6.45, 7) is 1.93. The summed E-state index contributed by atoms with van der Waals surface area (Å²) >= 11 is 0. The fraction of sp³-hybridized carbons (Fsp3) is 1.00. The lowest BCUT2D eigenvalue weighted by molar-refractivity contribution is 0.318. The summed E-state index contributed by atoms with van der Waals surface area (Å²) in [5.41, 5.74) is 0. The van der Waals surface area contributed by atoms with Crippen LogP contribution in [0.5, 0.6) is 0 Å². The molecule has 3 N–H and O–H groups in total. The van der Waals surface area contributed by atoms with Gasteiger partial charge in [-0.3, -0.25) is 0 Å². The Morgan fingerprint density at radius 3 is 1.60 bits per heavy atom. The standard InChI is InChI=1S/C2H6O.Mg.H2O.2H/c1-2-3;;;;/h3H,2H2,1H3;;1H2;;. The monoisotopic (exact) mass is 90.1 g/mol. The molecule has 0 aliphatic carbocycles. The van der Waals surface area contributed by atoms with Gasteiger partial charge in [0.2, 0.25) is 0 Å². The highest BCUT2D eigenvalue weighted by Crippen LogP contribution is 1.30. The molecule has 0 aliphatic rings. The maximum absolute atomic E-state index is 7.57. The van der Waals surface area contributed by atoms with Gasteiger partial charge in [-0.1, -0.05) is 0 Å². The van der Waals surface area contributed by atoms with E-state index in [0.717, 1.165) is 0 Å². The van der Waals surface area contributed by atoms with E-state index in [1.165, 1.54) is 0 Å². The van der Waals surface area contributed by atoms with E-state index in [1.54, 1.807) is 6.92 Å². The number of aliphatic hydroxyl groups excluding tert-OH is 1. The minimum atomic E-state index is 0. The minimum absolute atomic E-state index is 0. The van der Waals surface area contributed by atoms with E-state index in [0.29, 0.717) is 0 Å². The van der Waals surface area contributed by atoms with E-state index in [2.05, 4.69) is 0 Å². The van der Waals surface area contributed by atoms with Crippen LogP contribution >= 0.6 is 0 Å². The Morgan fingerprint density at radius 1 is 1.60 bits per heavy atom. The quantitative estimate of drug-likeness (QED) is 0.353. The topological polar surface area (TPSA) is 51.7 Å². The molecular formula is C2H10MgO2. The smallest absolute Gasteiger partial charge is 0.316 e. The fourth-order valence-corrected chi connectivity index (χ4v) is 0. The molecule has 0 unspecified atom stereocenters. The average Bonchev–Trinajstić information content (AvgIpc) is 0.918. The maximum atomic E-state index is 7.57. The molecule has 0 saturated carbocycles. The van der Waals surface area contributed by atoms with E-state index in [-0.39, 0.29) is 35.1 Å². The first-order valence-corrected chi connectivity index (χ1v) is 1.02. The molecule has 0 rings (SSSR count). The van der Waals surface area contributed by atoms with E-state index in [4.69, 9.17) is 5.11 Å². The zero-order valence-corrected chi connectivity index (χ0v) is 2.65. The van der Waals surface area contributed by atoms with Crippen LogP contribution in [0.4, 0.5) is 0 Å². The molecule has 0 saturated heterocycles. The molecule has 0 radical (unpaired) electrons. The summed E-state index contributed by atoms with van der Waals surface area (Å²) in [6, 6.07) is 0. The van der Waals surface area contributed by atoms with Gasteiger partial charge in [0.15, 0.2) is 0 Å². The zero-order valence-electron chi connectivity index (χ0n) is 2.65. The van der Waals surface area contributed by atoms with E-state index >= 15 is 0 Å². The second kappa shape index (κ2) is 22.4. The highest BCUT2D eigenvalue weighted by atomic mass is 24.3. The largest absolute Gasteiger partial charge is 0.412 e. The highest BCUT2D eigenvalue weighted by Gasteiger charge is 1.34. The summed E-state index contributed by atoms with van der Waals surface area (Å²) in [5.74, 6) is 0. The number of hydrogen-bond donors (Lipinski definition) is 1. The molecule has 0 aromatic carbocycles. The molecule has 0 bridgehead atoms. The number of aliphatic hydroxyl groups is 1. The van der Waals surface area contributed by atoms with Crippen molar-refractivity contribution in [2.24, 2.45) is 0 Å². The van der Waals surface area contributed by atoms with Gasteiger partial charge in [-0.25, -0.2) is 0 Å². The van der Waals surface area contributed by atoms with Crippen molar-refractivity contribution in [2.45, 2.75) is 6.92 Å². The second-order valence-corrected chi connectivity index (χ2v) is 0.316. The van der Waals surface area contributed by atoms with E-state index in [1.807, 2.05) is 0 Å². The lowest BCUT2D eigenvalue weighted by Crippen LogP contribution is -1.57. The Hall–Kier alpha value is 0.686. The van der Waals surface area contributed by atoms with Crippen molar-refractivity contribution in [1.29, 1.82) is 0 Å². The molecule has 0 spiro atoms. The predicted molar refractivity (Wildman–Crippen MR) is 24.9 cm³/mol. The predicted octanol–water partition coefficient (Wildman–Crippen LogP) is -1.74. The molecule has 0 fully saturated rings. The molecule has 3 heteroatoms. The summed E-state index contributed by atoms with van der Waals surface area (Å²) in [7, 11) is 0. The molecule has 0 aliphatic heterocycles. The van der Waals surface area contributed by atoms with Gasteiger partial charge in [-0.2, -0.15) is 0 Å². The summed E-state index contributed by atoms with van der Waals surface area (Å²) in [4.78, 5) is 0. The summed E-state index contributed by atoms with van der Waals surface area (Å²) in [6.07, 6.45) is 0. The Balaban J connectivity index is -0.0000000200. The first kappa shape index (κ1) is 17.3. The van der Waals surface area contributed by atoms with Gasteiger partial charge in [-0.15, -0.1) is 0 Å². The Bertz CT molecular complexity index is 7.61. The molecule has 0 amide bonds. The molecule has 0 aromatic heterocycles. The number of hydrogen-bond acceptors (Lipinski definition) is 1. The van der Waals surface area contributed by atoms with Crippen LogP contribution in [-0.4, -0.2) is 40.2 Å². The van der Waals surface area contributed by atoms with Gasteiger partial charge < -0.3 is 10.6 Å². The molecule has 5 heavy (non-hydrogen) atoms. The third-order valence-corrected chi connectivity index (χ3v) is 0. The van der Waals surface area contributed by atoms with E-state index in [9.17, 15) is 0 Å². The first-order chi connectivity index (χ1) is 1.41. The zero-order chi connectivity index (χ0) is 2.71. The SMILES string of the molecule is CCO.O.[MgH2]. The second-order valence-electron chi connectivity index (χ2n) is 0.316. The van der Waals surface area contributed by atoms with Crippen molar-refractivity contribution in [3.63, 3.8) is 0 Å². The van der Waals surface area contributed by atoms with Crippen LogP contribution in [-0.2, 0) is 0 Å². The Morgan fingerprint density at radius 2 is 1.60 bits per heavy atom. The molecular weight excluding hydrogens is 80.3 g/mol. The van der Waals surface area contributed by atoms with Crippen molar-refractivity contribution < 1.29 is 10.6 Å². The summed E-state index contributed by atoms with van der Waals surface area (Å²) < 4.78 is 0. The van der Waals surface area contributed by atoms with Gasteiger partial charge in [0.05, 0.1) is 0 Å². The molecule has 0 atom stereocenters. The summed E-state index contributed by atoms with van der Waals surface area (Å²) in [5, 5.41) is 7.57. The van der Waals surface area contributed by atoms with E-state index < -0.39 is 0 Å². The average molecular weight is 90.4 g/mol. The van der Waals surface area contributed by atoms with Gasteiger partial charge >= 0.3 is 23.1 Å². The normalized spacial score (nSPS) is 3.60. The van der Waals surface area contributed by atoms with Crippen molar-refractivity contribution >= 4 is 23.1 Å². The van der Waals surface area contributed by atoms with Crippen LogP contribution in [0.2, 0.25) is 0 Å². The molecule has 0 aromatic rings. The lowest BCUT2D eigenvalue weighted by Gasteiger charge is -1.52. The van der Waals surface area contributed by atoms with Crippen LogP contribution < -0.4 is 0 Å². The van der Waals surface area contributed by atoms with Crippen LogP contribution in [0.15, 0.2) is 0 Å². The lowest BCUT2D eigenvalue weighted by atomic mass is 10.9. The molecule has 32 valence electrons. The molecule has 2 nitrogen and oxygen atoms in total. The van der Waals surface area contributed by atoms with Gasteiger partial charge in [0, 0.05) is 6.61 Å². The Kier molecular flexibility index (Phi) is 77.5. The van der Waals surface area contributed by atoms with Gasteiger partial charge in [0.1, 0.15) is 0 Å². The maximum Gasteiger partial charge on any atom is 0.316 e.